The molecule has 0 aromatic carbocycles. The molecule has 0 spiro atoms. The van der Waals surface area contributed by atoms with Gasteiger partial charge in [0, 0.05) is 4.45 Å². The predicted molar refractivity (Wildman–Crippen MR) is 59.6 cm³/mol. The molecule has 0 unspecified atom stereocenters. The van der Waals surface area contributed by atoms with Gasteiger partial charge in [-0.2, -0.15) is 0 Å². The second-order valence-electron chi connectivity index (χ2n) is 4.83. The molecule has 0 saturated carbocycles. The van der Waals surface area contributed by atoms with Crippen molar-refractivity contribution in [3.8, 4) is 0 Å². The molecule has 0 aromatic heterocycles. The lowest BCUT2D eigenvalue weighted by Crippen LogP contribution is -2.42. The van der Waals surface area contributed by atoms with Gasteiger partial charge in [0.25, 0.3) is 0 Å². The summed E-state index contributed by atoms with van der Waals surface area (Å²) >= 11 is 3.79. The topological polar surface area (TPSA) is 9.23 Å². The summed E-state index contributed by atoms with van der Waals surface area (Å²) in [5, 5.41) is 0. The second kappa shape index (κ2) is 3.80. The standard InChI is InChI=1S/C9H19BrOSi/c1-7-5-6-8(11-7)9(10)12(2,3)4/h7-9H,5-6H2,1-4H3/t7-,8-,9+/m0/s1. The minimum atomic E-state index is -1.06. The lowest BCUT2D eigenvalue weighted by atomic mass is 10.2. The first kappa shape index (κ1) is 10.7. The molecule has 0 amide bonds. The van der Waals surface area contributed by atoms with Crippen molar-refractivity contribution < 1.29 is 4.74 Å². The second-order valence-corrected chi connectivity index (χ2v) is 12.0. The Kier molecular flexibility index (Phi) is 3.40. The Hall–Kier alpha value is 0.657. The van der Waals surface area contributed by atoms with Gasteiger partial charge >= 0.3 is 0 Å². The number of hydrogen-bond donors (Lipinski definition) is 0. The van der Waals surface area contributed by atoms with Crippen LogP contribution in [0.2, 0.25) is 19.6 Å². The Morgan fingerprint density at radius 1 is 1.33 bits per heavy atom. The molecule has 0 bridgehead atoms. The van der Waals surface area contributed by atoms with E-state index in [2.05, 4.69) is 42.5 Å². The van der Waals surface area contributed by atoms with Gasteiger partial charge in [0.15, 0.2) is 0 Å². The zero-order chi connectivity index (χ0) is 9.35. The van der Waals surface area contributed by atoms with Crippen LogP contribution in [-0.2, 0) is 4.74 Å². The maximum Gasteiger partial charge on any atom is 0.0679 e. The molecule has 0 N–H and O–H groups in total. The van der Waals surface area contributed by atoms with E-state index in [4.69, 9.17) is 4.74 Å². The van der Waals surface area contributed by atoms with Crippen molar-refractivity contribution in [2.75, 3.05) is 0 Å². The summed E-state index contributed by atoms with van der Waals surface area (Å²) < 4.78 is 6.46. The van der Waals surface area contributed by atoms with Crippen LogP contribution >= 0.6 is 15.9 Å². The van der Waals surface area contributed by atoms with Crippen molar-refractivity contribution in [3.05, 3.63) is 0 Å². The maximum atomic E-state index is 5.84. The Morgan fingerprint density at radius 2 is 1.92 bits per heavy atom. The van der Waals surface area contributed by atoms with Crippen LogP contribution in [-0.4, -0.2) is 24.7 Å². The Morgan fingerprint density at radius 3 is 2.25 bits per heavy atom. The van der Waals surface area contributed by atoms with E-state index in [1.54, 1.807) is 0 Å². The largest absolute Gasteiger partial charge is 0.374 e. The van der Waals surface area contributed by atoms with Crippen LogP contribution in [0.1, 0.15) is 19.8 Å². The molecule has 3 atom stereocenters. The number of alkyl halides is 1. The van der Waals surface area contributed by atoms with Crippen molar-refractivity contribution in [1.29, 1.82) is 0 Å². The Balaban J connectivity index is 2.48. The van der Waals surface area contributed by atoms with Gasteiger partial charge in [-0.25, -0.2) is 0 Å². The summed E-state index contributed by atoms with van der Waals surface area (Å²) in [4.78, 5) is 0. The quantitative estimate of drug-likeness (QED) is 0.541. The first-order valence-electron chi connectivity index (χ1n) is 4.71. The fourth-order valence-corrected chi connectivity index (χ4v) is 3.36. The number of hydrogen-bond acceptors (Lipinski definition) is 1. The van der Waals surface area contributed by atoms with Crippen molar-refractivity contribution >= 4 is 24.0 Å². The van der Waals surface area contributed by atoms with Crippen LogP contribution in [0.25, 0.3) is 0 Å². The molecule has 1 heterocycles. The first-order chi connectivity index (χ1) is 5.41. The van der Waals surface area contributed by atoms with E-state index in [1.165, 1.54) is 12.8 Å². The van der Waals surface area contributed by atoms with E-state index >= 15 is 0 Å². The molecule has 1 rings (SSSR count). The SMILES string of the molecule is C[C@H]1CC[C@@H]([C@H](Br)[Si](C)(C)C)O1. The molecule has 3 heteroatoms. The fraction of sp³-hybridized carbons (Fsp3) is 1.00. The van der Waals surface area contributed by atoms with E-state index in [1.807, 2.05) is 0 Å². The third-order valence-corrected chi connectivity index (χ3v) is 9.16. The van der Waals surface area contributed by atoms with Crippen molar-refractivity contribution in [2.45, 2.75) is 56.1 Å². The van der Waals surface area contributed by atoms with Gasteiger partial charge in [-0.15, -0.1) is 0 Å². The van der Waals surface area contributed by atoms with Crippen LogP contribution in [0, 0.1) is 0 Å². The summed E-state index contributed by atoms with van der Waals surface area (Å²) in [5.41, 5.74) is 0. The highest BCUT2D eigenvalue weighted by Crippen LogP contribution is 2.30. The molecule has 0 aromatic rings. The molecule has 1 aliphatic heterocycles. The molecule has 1 fully saturated rings. The van der Waals surface area contributed by atoms with Crippen LogP contribution in [0.5, 0.6) is 0 Å². The third-order valence-electron chi connectivity index (χ3n) is 2.42. The summed E-state index contributed by atoms with van der Waals surface area (Å²) in [6, 6.07) is 0. The van der Waals surface area contributed by atoms with Gasteiger partial charge in [-0.3, -0.25) is 0 Å². The van der Waals surface area contributed by atoms with Crippen LogP contribution in [0.15, 0.2) is 0 Å². The lowest BCUT2D eigenvalue weighted by molar-refractivity contribution is 0.0644. The van der Waals surface area contributed by atoms with Crippen molar-refractivity contribution in [2.24, 2.45) is 0 Å². The minimum absolute atomic E-state index is 0.478. The van der Waals surface area contributed by atoms with Crippen LogP contribution in [0.3, 0.4) is 0 Å². The Bertz CT molecular complexity index is 155. The third kappa shape index (κ3) is 2.57. The average Bonchev–Trinajstić information content (AvgIpc) is 2.32. The van der Waals surface area contributed by atoms with Gasteiger partial charge in [-0.05, 0) is 19.8 Å². The van der Waals surface area contributed by atoms with E-state index in [-0.39, 0.29) is 0 Å². The van der Waals surface area contributed by atoms with Gasteiger partial charge in [-0.1, -0.05) is 35.6 Å². The summed E-state index contributed by atoms with van der Waals surface area (Å²) in [6.07, 6.45) is 3.43. The maximum absolute atomic E-state index is 5.84. The molecule has 12 heavy (non-hydrogen) atoms. The first-order valence-corrected chi connectivity index (χ1v) is 9.20. The van der Waals surface area contributed by atoms with Gasteiger partial charge < -0.3 is 4.74 Å². The summed E-state index contributed by atoms with van der Waals surface area (Å²) in [6.45, 7) is 9.33. The molecule has 72 valence electrons. The number of rotatable bonds is 2. The molecule has 1 nitrogen and oxygen atoms in total. The molecule has 0 aliphatic carbocycles. The highest BCUT2D eigenvalue weighted by Gasteiger charge is 2.35. The van der Waals surface area contributed by atoms with Crippen LogP contribution in [0.4, 0.5) is 0 Å². The fourth-order valence-electron chi connectivity index (χ4n) is 1.61. The van der Waals surface area contributed by atoms with E-state index < -0.39 is 8.07 Å². The van der Waals surface area contributed by atoms with Crippen molar-refractivity contribution in [3.63, 3.8) is 0 Å². The Labute approximate surface area is 85.0 Å². The monoisotopic (exact) mass is 250 g/mol. The lowest BCUT2D eigenvalue weighted by Gasteiger charge is -2.28. The zero-order valence-corrected chi connectivity index (χ0v) is 11.0. The predicted octanol–water partition coefficient (Wildman–Crippen LogP) is 3.19. The number of ether oxygens (including phenoxy) is 1. The van der Waals surface area contributed by atoms with Gasteiger partial charge in [0.2, 0.25) is 0 Å². The van der Waals surface area contributed by atoms with E-state index in [9.17, 15) is 0 Å². The zero-order valence-electron chi connectivity index (χ0n) is 8.43. The summed E-state index contributed by atoms with van der Waals surface area (Å²) in [7, 11) is -1.06. The van der Waals surface area contributed by atoms with E-state index in [0.717, 1.165) is 0 Å². The highest BCUT2D eigenvalue weighted by atomic mass is 79.9. The average molecular weight is 251 g/mol. The molecular weight excluding hydrogens is 232 g/mol. The molecular formula is C9H19BrOSi. The van der Waals surface area contributed by atoms with Crippen molar-refractivity contribution in [1.82, 2.24) is 0 Å². The van der Waals surface area contributed by atoms with Gasteiger partial charge in [0.1, 0.15) is 0 Å². The number of halogens is 1. The van der Waals surface area contributed by atoms with E-state index in [0.29, 0.717) is 16.7 Å². The smallest absolute Gasteiger partial charge is 0.0679 e. The molecule has 1 saturated heterocycles. The minimum Gasteiger partial charge on any atom is -0.374 e. The highest BCUT2D eigenvalue weighted by molar-refractivity contribution is 9.10. The summed E-state index contributed by atoms with van der Waals surface area (Å²) in [5.74, 6) is 0. The van der Waals surface area contributed by atoms with Gasteiger partial charge in [0.05, 0.1) is 20.3 Å². The normalized spacial score (nSPS) is 33.8. The van der Waals surface area contributed by atoms with Crippen LogP contribution < -0.4 is 0 Å². The molecule has 0 radical (unpaired) electrons. The molecule has 1 aliphatic rings.